The molecule has 114 valence electrons. The summed E-state index contributed by atoms with van der Waals surface area (Å²) in [5.74, 6) is -1.03. The van der Waals surface area contributed by atoms with Crippen molar-refractivity contribution in [1.82, 2.24) is 10.3 Å². The second-order valence-corrected chi connectivity index (χ2v) is 6.36. The summed E-state index contributed by atoms with van der Waals surface area (Å²) in [5, 5.41) is 4.45. The molecule has 1 aromatic heterocycles. The molecular weight excluding hydrogens is 290 g/mol. The summed E-state index contributed by atoms with van der Waals surface area (Å²) >= 11 is 1.63. The summed E-state index contributed by atoms with van der Waals surface area (Å²) in [5.41, 5.74) is 1.50. The number of hydrogen-bond acceptors (Lipinski definition) is 3. The Morgan fingerprint density at radius 1 is 1.29 bits per heavy atom. The van der Waals surface area contributed by atoms with Crippen LogP contribution in [0.4, 0.5) is 8.78 Å². The second-order valence-electron chi connectivity index (χ2n) is 5.13. The van der Waals surface area contributed by atoms with Crippen molar-refractivity contribution in [2.75, 3.05) is 6.54 Å². The minimum absolute atomic E-state index is 0.0103. The monoisotopic (exact) mass is 310 g/mol. The third-order valence-electron chi connectivity index (χ3n) is 3.34. The molecule has 2 nitrogen and oxygen atoms in total. The van der Waals surface area contributed by atoms with E-state index in [1.54, 1.807) is 11.3 Å². The van der Waals surface area contributed by atoms with Gasteiger partial charge in [-0.1, -0.05) is 13.0 Å². The minimum atomic E-state index is -0.542. The van der Waals surface area contributed by atoms with Crippen molar-refractivity contribution in [3.05, 3.63) is 51.0 Å². The number of nitrogens with one attached hydrogen (secondary N) is 1. The van der Waals surface area contributed by atoms with Gasteiger partial charge in [-0.2, -0.15) is 0 Å². The fraction of sp³-hybridized carbons (Fsp3) is 0.438. The third kappa shape index (κ3) is 4.08. The van der Waals surface area contributed by atoms with Gasteiger partial charge in [0.05, 0.1) is 10.7 Å². The predicted octanol–water partition coefficient (Wildman–Crippen LogP) is 4.32. The second kappa shape index (κ2) is 7.09. The van der Waals surface area contributed by atoms with Gasteiger partial charge in [-0.15, -0.1) is 11.3 Å². The fourth-order valence-electron chi connectivity index (χ4n) is 2.35. The van der Waals surface area contributed by atoms with E-state index in [0.717, 1.165) is 34.6 Å². The lowest BCUT2D eigenvalue weighted by atomic mass is 10.0. The molecule has 0 fully saturated rings. The van der Waals surface area contributed by atoms with Crippen LogP contribution in [0, 0.1) is 25.5 Å². The standard InChI is InChI=1S/C16H20F2N2S/c1-4-7-19-15(16-10(2)20-11(3)21-16)8-12-5-6-13(17)9-14(12)18/h5-6,9,15,19H,4,7-8H2,1-3H3. The molecule has 0 bridgehead atoms. The van der Waals surface area contributed by atoms with Gasteiger partial charge >= 0.3 is 0 Å². The van der Waals surface area contributed by atoms with E-state index in [4.69, 9.17) is 0 Å². The minimum Gasteiger partial charge on any atom is -0.309 e. The summed E-state index contributed by atoms with van der Waals surface area (Å²) in [6.07, 6.45) is 1.49. The molecule has 0 spiro atoms. The van der Waals surface area contributed by atoms with Crippen molar-refractivity contribution in [1.29, 1.82) is 0 Å². The summed E-state index contributed by atoms with van der Waals surface area (Å²) in [4.78, 5) is 5.57. The highest BCUT2D eigenvalue weighted by atomic mass is 32.1. The molecule has 0 radical (unpaired) electrons. The van der Waals surface area contributed by atoms with E-state index in [0.29, 0.717) is 12.0 Å². The smallest absolute Gasteiger partial charge is 0.129 e. The van der Waals surface area contributed by atoms with Gasteiger partial charge in [-0.05, 0) is 44.9 Å². The first-order chi connectivity index (χ1) is 10.0. The van der Waals surface area contributed by atoms with Crippen molar-refractivity contribution >= 4 is 11.3 Å². The first kappa shape index (κ1) is 16.0. The summed E-state index contributed by atoms with van der Waals surface area (Å²) in [6.45, 7) is 6.88. The lowest BCUT2D eigenvalue weighted by molar-refractivity contribution is 0.511. The first-order valence-corrected chi connectivity index (χ1v) is 7.94. The Kier molecular flexibility index (Phi) is 5.42. The van der Waals surface area contributed by atoms with Gasteiger partial charge in [0.15, 0.2) is 0 Å². The zero-order valence-electron chi connectivity index (χ0n) is 12.5. The molecule has 0 aliphatic rings. The highest BCUT2D eigenvalue weighted by Gasteiger charge is 2.19. The molecule has 0 aliphatic carbocycles. The van der Waals surface area contributed by atoms with Gasteiger partial charge in [-0.25, -0.2) is 13.8 Å². The van der Waals surface area contributed by atoms with Crippen LogP contribution in [0.2, 0.25) is 0 Å². The van der Waals surface area contributed by atoms with Gasteiger partial charge < -0.3 is 5.32 Å². The molecule has 1 N–H and O–H groups in total. The topological polar surface area (TPSA) is 24.9 Å². The van der Waals surface area contributed by atoms with Crippen molar-refractivity contribution < 1.29 is 8.78 Å². The van der Waals surface area contributed by atoms with Crippen LogP contribution in [-0.2, 0) is 6.42 Å². The highest BCUT2D eigenvalue weighted by Crippen LogP contribution is 2.28. The number of hydrogen-bond donors (Lipinski definition) is 1. The van der Waals surface area contributed by atoms with E-state index in [1.165, 1.54) is 12.1 Å². The normalized spacial score (nSPS) is 12.6. The van der Waals surface area contributed by atoms with Gasteiger partial charge in [0.1, 0.15) is 11.6 Å². The molecule has 1 aromatic carbocycles. The maximum atomic E-state index is 13.9. The van der Waals surface area contributed by atoms with E-state index >= 15 is 0 Å². The Morgan fingerprint density at radius 2 is 2.05 bits per heavy atom. The summed E-state index contributed by atoms with van der Waals surface area (Å²) < 4.78 is 26.9. The first-order valence-electron chi connectivity index (χ1n) is 7.12. The summed E-state index contributed by atoms with van der Waals surface area (Å²) in [6, 6.07) is 3.78. The van der Waals surface area contributed by atoms with Gasteiger partial charge in [0, 0.05) is 17.0 Å². The molecule has 0 saturated heterocycles. The van der Waals surface area contributed by atoms with Crippen LogP contribution in [-0.4, -0.2) is 11.5 Å². The van der Waals surface area contributed by atoms with Crippen molar-refractivity contribution in [3.63, 3.8) is 0 Å². The van der Waals surface area contributed by atoms with Crippen LogP contribution in [0.25, 0.3) is 0 Å². The van der Waals surface area contributed by atoms with E-state index in [9.17, 15) is 8.78 Å². The van der Waals surface area contributed by atoms with Gasteiger partial charge in [0.2, 0.25) is 0 Å². The predicted molar refractivity (Wildman–Crippen MR) is 82.7 cm³/mol. The maximum absolute atomic E-state index is 13.9. The molecule has 2 rings (SSSR count). The molecule has 1 atom stereocenters. The maximum Gasteiger partial charge on any atom is 0.129 e. The number of benzene rings is 1. The lowest BCUT2D eigenvalue weighted by Gasteiger charge is -2.18. The van der Waals surface area contributed by atoms with E-state index in [2.05, 4.69) is 17.2 Å². The van der Waals surface area contributed by atoms with Crippen LogP contribution in [0.5, 0.6) is 0 Å². The van der Waals surface area contributed by atoms with Gasteiger partial charge in [-0.3, -0.25) is 0 Å². The lowest BCUT2D eigenvalue weighted by Crippen LogP contribution is -2.24. The Morgan fingerprint density at radius 3 is 2.62 bits per heavy atom. The zero-order valence-corrected chi connectivity index (χ0v) is 13.4. The fourth-order valence-corrected chi connectivity index (χ4v) is 3.36. The van der Waals surface area contributed by atoms with E-state index in [-0.39, 0.29) is 6.04 Å². The van der Waals surface area contributed by atoms with Crippen LogP contribution in [0.1, 0.15) is 40.5 Å². The van der Waals surface area contributed by atoms with Crippen LogP contribution in [0.3, 0.4) is 0 Å². The molecule has 1 unspecified atom stereocenters. The Labute approximate surface area is 128 Å². The third-order valence-corrected chi connectivity index (χ3v) is 4.52. The molecule has 0 saturated carbocycles. The molecule has 21 heavy (non-hydrogen) atoms. The summed E-state index contributed by atoms with van der Waals surface area (Å²) in [7, 11) is 0. The van der Waals surface area contributed by atoms with Crippen molar-refractivity contribution in [3.8, 4) is 0 Å². The molecule has 5 heteroatoms. The molecule has 2 aromatic rings. The quantitative estimate of drug-likeness (QED) is 0.859. The zero-order chi connectivity index (χ0) is 15.4. The van der Waals surface area contributed by atoms with Crippen LogP contribution in [0.15, 0.2) is 18.2 Å². The Bertz CT molecular complexity index is 610. The van der Waals surface area contributed by atoms with Crippen LogP contribution < -0.4 is 5.32 Å². The Hall–Kier alpha value is -1.33. The largest absolute Gasteiger partial charge is 0.309 e. The number of thiazole rings is 1. The average Bonchev–Trinajstić information content (AvgIpc) is 2.76. The molecular formula is C16H20F2N2S. The van der Waals surface area contributed by atoms with Crippen molar-refractivity contribution in [2.45, 2.75) is 39.7 Å². The van der Waals surface area contributed by atoms with Gasteiger partial charge in [0.25, 0.3) is 0 Å². The van der Waals surface area contributed by atoms with E-state index in [1.807, 2.05) is 13.8 Å². The molecule has 1 heterocycles. The Balaban J connectivity index is 2.26. The number of rotatable bonds is 6. The van der Waals surface area contributed by atoms with Crippen LogP contribution >= 0.6 is 11.3 Å². The molecule has 0 aliphatic heterocycles. The number of aryl methyl sites for hydroxylation is 2. The van der Waals surface area contributed by atoms with Crippen molar-refractivity contribution in [2.24, 2.45) is 0 Å². The number of halogens is 2. The highest BCUT2D eigenvalue weighted by molar-refractivity contribution is 7.11. The molecule has 0 amide bonds. The SMILES string of the molecule is CCCNC(Cc1ccc(F)cc1F)c1sc(C)nc1C. The average molecular weight is 310 g/mol. The number of nitrogens with zero attached hydrogens (tertiary/aromatic N) is 1. The van der Waals surface area contributed by atoms with E-state index < -0.39 is 11.6 Å². The number of aromatic nitrogens is 1.